The van der Waals surface area contributed by atoms with Crippen molar-refractivity contribution >= 4 is 0 Å². The van der Waals surface area contributed by atoms with Crippen molar-refractivity contribution in [2.45, 2.75) is 31.5 Å². The van der Waals surface area contributed by atoms with E-state index in [2.05, 4.69) is 16.1 Å². The van der Waals surface area contributed by atoms with E-state index in [0.29, 0.717) is 17.4 Å². The van der Waals surface area contributed by atoms with Crippen molar-refractivity contribution in [3.63, 3.8) is 0 Å². The molecular weight excluding hydrogens is 364 g/mol. The van der Waals surface area contributed by atoms with Gasteiger partial charge in [0.15, 0.2) is 0 Å². The standard InChI is InChI=1S/C23H24N4O2/c24-12-16-4-1-2-5-20(16)23-7-6-19(29-23)15-26-13-17-10-21(27-9-3-8-25-27)22(28)11-18(17)14-26/h1-9,17-18,21-22,28H,10-11,13-15H2/t17-,18+,21-,22-/m1/s1. The fourth-order valence-electron chi connectivity index (χ4n) is 5.02. The van der Waals surface area contributed by atoms with Gasteiger partial charge >= 0.3 is 0 Å². The van der Waals surface area contributed by atoms with Gasteiger partial charge in [-0.2, -0.15) is 10.4 Å². The lowest BCUT2D eigenvalue weighted by Crippen LogP contribution is -2.36. The number of nitriles is 1. The van der Waals surface area contributed by atoms with Gasteiger partial charge in [-0.05, 0) is 55.0 Å². The van der Waals surface area contributed by atoms with Crippen molar-refractivity contribution in [3.8, 4) is 17.4 Å². The third kappa shape index (κ3) is 3.48. The number of likely N-dealkylation sites (tertiary alicyclic amines) is 1. The zero-order chi connectivity index (χ0) is 19.8. The largest absolute Gasteiger partial charge is 0.460 e. The first-order valence-corrected chi connectivity index (χ1v) is 10.2. The summed E-state index contributed by atoms with van der Waals surface area (Å²) in [5.74, 6) is 2.74. The van der Waals surface area contributed by atoms with Gasteiger partial charge in [-0.15, -0.1) is 0 Å². The van der Waals surface area contributed by atoms with Gasteiger partial charge in [0.05, 0.1) is 30.3 Å². The number of fused-ring (bicyclic) bond motifs is 1. The summed E-state index contributed by atoms with van der Waals surface area (Å²) in [5.41, 5.74) is 1.46. The Kier molecular flexibility index (Phi) is 4.70. The van der Waals surface area contributed by atoms with E-state index in [1.807, 2.05) is 53.3 Å². The van der Waals surface area contributed by atoms with Crippen molar-refractivity contribution in [3.05, 3.63) is 66.2 Å². The van der Waals surface area contributed by atoms with Gasteiger partial charge in [0.1, 0.15) is 11.5 Å². The minimum Gasteiger partial charge on any atom is -0.460 e. The van der Waals surface area contributed by atoms with Crippen LogP contribution >= 0.6 is 0 Å². The molecule has 0 spiro atoms. The Hall–Kier alpha value is -2.88. The normalized spacial score (nSPS) is 26.9. The van der Waals surface area contributed by atoms with Crippen LogP contribution in [0.2, 0.25) is 0 Å². The quantitative estimate of drug-likeness (QED) is 0.741. The van der Waals surface area contributed by atoms with Gasteiger partial charge in [-0.25, -0.2) is 0 Å². The van der Waals surface area contributed by atoms with Gasteiger partial charge in [-0.3, -0.25) is 9.58 Å². The third-order valence-corrected chi connectivity index (χ3v) is 6.40. The summed E-state index contributed by atoms with van der Waals surface area (Å²) in [4.78, 5) is 2.42. The van der Waals surface area contributed by atoms with E-state index in [4.69, 9.17) is 4.42 Å². The maximum absolute atomic E-state index is 10.6. The van der Waals surface area contributed by atoms with Crippen LogP contribution in [0.3, 0.4) is 0 Å². The molecule has 0 amide bonds. The van der Waals surface area contributed by atoms with Gasteiger partial charge in [0.2, 0.25) is 0 Å². The topological polar surface area (TPSA) is 78.2 Å². The molecule has 6 heteroatoms. The molecule has 0 unspecified atom stereocenters. The zero-order valence-electron chi connectivity index (χ0n) is 16.2. The van der Waals surface area contributed by atoms with Crippen LogP contribution in [0.15, 0.2) is 59.3 Å². The van der Waals surface area contributed by atoms with Crippen LogP contribution in [-0.4, -0.2) is 39.0 Å². The van der Waals surface area contributed by atoms with Crippen molar-refractivity contribution in [2.75, 3.05) is 13.1 Å². The molecule has 2 aromatic heterocycles. The lowest BCUT2D eigenvalue weighted by molar-refractivity contribution is 0.0306. The molecule has 3 aromatic rings. The van der Waals surface area contributed by atoms with E-state index in [1.54, 1.807) is 6.20 Å². The molecule has 2 aliphatic rings. The van der Waals surface area contributed by atoms with Gasteiger partial charge in [0, 0.05) is 31.0 Å². The molecule has 0 bridgehead atoms. The van der Waals surface area contributed by atoms with Crippen LogP contribution in [0.25, 0.3) is 11.3 Å². The van der Waals surface area contributed by atoms with Gasteiger partial charge in [-0.1, -0.05) is 12.1 Å². The minimum atomic E-state index is -0.339. The average Bonchev–Trinajstić information content (AvgIpc) is 3.48. The molecule has 3 heterocycles. The fourth-order valence-corrected chi connectivity index (χ4v) is 5.02. The predicted octanol–water partition coefficient (Wildman–Crippen LogP) is 3.46. The first-order valence-electron chi connectivity index (χ1n) is 10.2. The zero-order valence-corrected chi connectivity index (χ0v) is 16.2. The van der Waals surface area contributed by atoms with Crippen LogP contribution in [0.5, 0.6) is 0 Å². The third-order valence-electron chi connectivity index (χ3n) is 6.40. The van der Waals surface area contributed by atoms with E-state index in [0.717, 1.165) is 49.6 Å². The molecule has 1 saturated carbocycles. The van der Waals surface area contributed by atoms with E-state index in [1.165, 1.54) is 0 Å². The summed E-state index contributed by atoms with van der Waals surface area (Å²) in [5, 5.41) is 24.3. The van der Waals surface area contributed by atoms with Gasteiger partial charge in [0.25, 0.3) is 0 Å². The number of hydrogen-bond acceptors (Lipinski definition) is 5. The molecule has 6 nitrogen and oxygen atoms in total. The molecule has 4 atom stereocenters. The molecule has 2 fully saturated rings. The molecular formula is C23H24N4O2. The molecule has 0 radical (unpaired) electrons. The lowest BCUT2D eigenvalue weighted by atomic mass is 9.77. The van der Waals surface area contributed by atoms with Crippen molar-refractivity contribution in [1.82, 2.24) is 14.7 Å². The maximum Gasteiger partial charge on any atom is 0.135 e. The number of benzene rings is 1. The number of furan rings is 1. The average molecular weight is 388 g/mol. The highest BCUT2D eigenvalue weighted by molar-refractivity contribution is 5.66. The molecule has 1 aliphatic carbocycles. The van der Waals surface area contributed by atoms with Crippen LogP contribution in [0.4, 0.5) is 0 Å². The first-order chi connectivity index (χ1) is 14.2. The minimum absolute atomic E-state index is 0.0731. The molecule has 1 N–H and O–H groups in total. The Labute approximate surface area is 170 Å². The van der Waals surface area contributed by atoms with E-state index >= 15 is 0 Å². The number of hydrogen-bond donors (Lipinski definition) is 1. The SMILES string of the molecule is N#Cc1ccccc1-c1ccc(CN2C[C@H]3C[C@@H](n4cccn4)[C@H](O)C[C@H]3C2)o1. The summed E-state index contributed by atoms with van der Waals surface area (Å²) < 4.78 is 7.98. The predicted molar refractivity (Wildman–Crippen MR) is 108 cm³/mol. The number of aliphatic hydroxyl groups is 1. The Morgan fingerprint density at radius 1 is 1.10 bits per heavy atom. The number of aromatic nitrogens is 2. The number of nitrogens with zero attached hydrogens (tertiary/aromatic N) is 4. The summed E-state index contributed by atoms with van der Waals surface area (Å²) in [6, 6.07) is 15.7. The second-order valence-corrected chi connectivity index (χ2v) is 8.23. The molecule has 29 heavy (non-hydrogen) atoms. The monoisotopic (exact) mass is 388 g/mol. The highest BCUT2D eigenvalue weighted by atomic mass is 16.3. The second kappa shape index (κ2) is 7.51. The Balaban J connectivity index is 1.26. The Bertz CT molecular complexity index is 1020. The first kappa shape index (κ1) is 18.2. The highest BCUT2D eigenvalue weighted by Crippen LogP contribution is 2.41. The second-order valence-electron chi connectivity index (χ2n) is 8.23. The molecule has 1 aromatic carbocycles. The maximum atomic E-state index is 10.6. The van der Waals surface area contributed by atoms with Crippen molar-refractivity contribution in [2.24, 2.45) is 11.8 Å². The fraction of sp³-hybridized carbons (Fsp3) is 0.391. The molecule has 1 aliphatic heterocycles. The highest BCUT2D eigenvalue weighted by Gasteiger charge is 2.42. The summed E-state index contributed by atoms with van der Waals surface area (Å²) in [6.07, 6.45) is 5.17. The summed E-state index contributed by atoms with van der Waals surface area (Å²) in [7, 11) is 0. The smallest absolute Gasteiger partial charge is 0.135 e. The van der Waals surface area contributed by atoms with Crippen molar-refractivity contribution < 1.29 is 9.52 Å². The van der Waals surface area contributed by atoms with Crippen LogP contribution < -0.4 is 0 Å². The summed E-state index contributed by atoms with van der Waals surface area (Å²) in [6.45, 7) is 2.75. The summed E-state index contributed by atoms with van der Waals surface area (Å²) >= 11 is 0. The number of aliphatic hydroxyl groups excluding tert-OH is 1. The van der Waals surface area contributed by atoms with E-state index in [9.17, 15) is 10.4 Å². The van der Waals surface area contributed by atoms with Crippen LogP contribution in [0.1, 0.15) is 30.2 Å². The van der Waals surface area contributed by atoms with Crippen LogP contribution in [-0.2, 0) is 6.54 Å². The molecule has 5 rings (SSSR count). The Morgan fingerprint density at radius 3 is 2.72 bits per heavy atom. The molecule has 1 saturated heterocycles. The lowest BCUT2D eigenvalue weighted by Gasteiger charge is -2.35. The Morgan fingerprint density at radius 2 is 1.93 bits per heavy atom. The number of rotatable bonds is 4. The van der Waals surface area contributed by atoms with Crippen molar-refractivity contribution in [1.29, 1.82) is 5.26 Å². The van der Waals surface area contributed by atoms with Crippen LogP contribution in [0, 0.1) is 23.2 Å². The molecule has 148 valence electrons. The van der Waals surface area contributed by atoms with E-state index in [-0.39, 0.29) is 12.1 Å². The van der Waals surface area contributed by atoms with E-state index < -0.39 is 0 Å². The van der Waals surface area contributed by atoms with Gasteiger partial charge < -0.3 is 9.52 Å².